The third kappa shape index (κ3) is 15.2. The molecule has 0 aromatic rings. The lowest BCUT2D eigenvalue weighted by Gasteiger charge is -2.05. The lowest BCUT2D eigenvalue weighted by Crippen LogP contribution is -2.23. The molecule has 0 saturated heterocycles. The molecule has 0 fully saturated rings. The molecule has 112 valence electrons. The van der Waals surface area contributed by atoms with Gasteiger partial charge in [0.05, 0.1) is 0 Å². The number of allylic oxidation sites excluding steroid dienone is 1. The molecule has 0 heterocycles. The fourth-order valence-electron chi connectivity index (χ4n) is 2.15. The molecule has 0 aliphatic heterocycles. The van der Waals surface area contributed by atoms with Crippen molar-refractivity contribution >= 4 is 5.91 Å². The Morgan fingerprint density at radius 2 is 1.58 bits per heavy atom. The minimum atomic E-state index is 0.239. The summed E-state index contributed by atoms with van der Waals surface area (Å²) in [7, 11) is 0. The largest absolute Gasteiger partial charge is 0.356 e. The van der Waals surface area contributed by atoms with E-state index in [-0.39, 0.29) is 5.91 Å². The molecule has 0 spiro atoms. The van der Waals surface area contributed by atoms with Gasteiger partial charge < -0.3 is 5.32 Å². The van der Waals surface area contributed by atoms with Crippen LogP contribution in [-0.4, -0.2) is 12.5 Å². The van der Waals surface area contributed by atoms with Gasteiger partial charge in [-0.05, 0) is 25.7 Å². The molecule has 0 saturated carbocycles. The van der Waals surface area contributed by atoms with E-state index in [4.69, 9.17) is 0 Å². The number of unbranched alkanes of at least 4 members (excludes halogenated alkanes) is 9. The van der Waals surface area contributed by atoms with Crippen LogP contribution in [0.25, 0.3) is 0 Å². The molecule has 0 unspecified atom stereocenters. The van der Waals surface area contributed by atoms with Crippen molar-refractivity contribution in [2.24, 2.45) is 0 Å². The van der Waals surface area contributed by atoms with E-state index in [1.54, 1.807) is 0 Å². The van der Waals surface area contributed by atoms with Crippen molar-refractivity contribution in [1.82, 2.24) is 5.32 Å². The highest BCUT2D eigenvalue weighted by molar-refractivity contribution is 5.75. The number of rotatable bonds is 14. The van der Waals surface area contributed by atoms with Crippen molar-refractivity contribution in [1.29, 1.82) is 0 Å². The second-order valence-corrected chi connectivity index (χ2v) is 5.36. The van der Waals surface area contributed by atoms with E-state index in [2.05, 4.69) is 18.8 Å². The normalized spacial score (nSPS) is 10.4. The van der Waals surface area contributed by atoms with E-state index in [1.807, 2.05) is 6.08 Å². The van der Waals surface area contributed by atoms with Crippen molar-refractivity contribution in [2.45, 2.75) is 84.0 Å². The van der Waals surface area contributed by atoms with Gasteiger partial charge in [0.15, 0.2) is 0 Å². The maximum Gasteiger partial charge on any atom is 0.219 e. The molecular formula is C17H33NO. The van der Waals surface area contributed by atoms with E-state index >= 15 is 0 Å². The standard InChI is InChI=1S/C17H33NO/c1-3-5-7-9-10-11-12-13-15-17(19)18-16-14-8-6-4-2/h3H,1,4-16H2,2H3,(H,18,19). The van der Waals surface area contributed by atoms with Crippen LogP contribution in [0, 0.1) is 0 Å². The van der Waals surface area contributed by atoms with Gasteiger partial charge in [-0.1, -0.05) is 57.9 Å². The van der Waals surface area contributed by atoms with E-state index in [0.29, 0.717) is 6.42 Å². The Labute approximate surface area is 120 Å². The average molecular weight is 267 g/mol. The molecule has 0 aliphatic rings. The number of carbonyl (C=O) groups excluding carboxylic acids is 1. The summed E-state index contributed by atoms with van der Waals surface area (Å²) in [6.07, 6.45) is 16.1. The van der Waals surface area contributed by atoms with Gasteiger partial charge in [0, 0.05) is 13.0 Å². The van der Waals surface area contributed by atoms with Crippen LogP contribution < -0.4 is 5.32 Å². The van der Waals surface area contributed by atoms with E-state index in [1.165, 1.54) is 51.4 Å². The zero-order chi connectivity index (χ0) is 14.2. The minimum absolute atomic E-state index is 0.239. The van der Waals surface area contributed by atoms with Gasteiger partial charge in [-0.3, -0.25) is 4.79 Å². The first-order valence-corrected chi connectivity index (χ1v) is 8.18. The van der Waals surface area contributed by atoms with Crippen LogP contribution in [0.4, 0.5) is 0 Å². The molecular weight excluding hydrogens is 234 g/mol. The molecule has 0 aliphatic carbocycles. The monoisotopic (exact) mass is 267 g/mol. The highest BCUT2D eigenvalue weighted by Crippen LogP contribution is 2.08. The lowest BCUT2D eigenvalue weighted by atomic mass is 10.1. The molecule has 1 amide bonds. The maximum atomic E-state index is 11.5. The third-order valence-corrected chi connectivity index (χ3v) is 3.41. The predicted molar refractivity (Wildman–Crippen MR) is 84.3 cm³/mol. The van der Waals surface area contributed by atoms with Gasteiger partial charge in [-0.25, -0.2) is 0 Å². The van der Waals surface area contributed by atoms with Gasteiger partial charge in [0.25, 0.3) is 0 Å². The van der Waals surface area contributed by atoms with Crippen LogP contribution in [-0.2, 0) is 4.79 Å². The zero-order valence-corrected chi connectivity index (χ0v) is 12.9. The molecule has 0 aromatic heterocycles. The summed E-state index contributed by atoms with van der Waals surface area (Å²) in [5.41, 5.74) is 0. The summed E-state index contributed by atoms with van der Waals surface area (Å²) in [5.74, 6) is 0.239. The predicted octanol–water partition coefficient (Wildman–Crippen LogP) is 4.99. The Hall–Kier alpha value is -0.790. The third-order valence-electron chi connectivity index (χ3n) is 3.41. The Balaban J connectivity index is 3.13. The van der Waals surface area contributed by atoms with Gasteiger partial charge in [0.1, 0.15) is 0 Å². The van der Waals surface area contributed by atoms with Gasteiger partial charge in [-0.2, -0.15) is 0 Å². The fourth-order valence-corrected chi connectivity index (χ4v) is 2.15. The van der Waals surface area contributed by atoms with Crippen molar-refractivity contribution in [3.05, 3.63) is 12.7 Å². The number of hydrogen-bond acceptors (Lipinski definition) is 1. The first-order valence-electron chi connectivity index (χ1n) is 8.18. The summed E-state index contributed by atoms with van der Waals surface area (Å²) in [4.78, 5) is 11.5. The van der Waals surface area contributed by atoms with Crippen molar-refractivity contribution in [2.75, 3.05) is 6.54 Å². The highest BCUT2D eigenvalue weighted by atomic mass is 16.1. The highest BCUT2D eigenvalue weighted by Gasteiger charge is 2.00. The quantitative estimate of drug-likeness (QED) is 0.348. The Morgan fingerprint density at radius 3 is 2.26 bits per heavy atom. The van der Waals surface area contributed by atoms with Crippen LogP contribution in [0.5, 0.6) is 0 Å². The number of hydrogen-bond donors (Lipinski definition) is 1. The van der Waals surface area contributed by atoms with E-state index < -0.39 is 0 Å². The molecule has 1 N–H and O–H groups in total. The fraction of sp³-hybridized carbons (Fsp3) is 0.824. The van der Waals surface area contributed by atoms with Crippen molar-refractivity contribution in [3.8, 4) is 0 Å². The molecule has 19 heavy (non-hydrogen) atoms. The summed E-state index contributed by atoms with van der Waals surface area (Å²) < 4.78 is 0. The summed E-state index contributed by atoms with van der Waals surface area (Å²) >= 11 is 0. The van der Waals surface area contributed by atoms with E-state index in [0.717, 1.165) is 25.8 Å². The van der Waals surface area contributed by atoms with Crippen LogP contribution in [0.3, 0.4) is 0 Å². The summed E-state index contributed by atoms with van der Waals surface area (Å²) in [5, 5.41) is 3.01. The molecule has 0 rings (SSSR count). The molecule has 0 aromatic carbocycles. The SMILES string of the molecule is C=CCCCCCCCCC(=O)NCCCCCC. The van der Waals surface area contributed by atoms with Gasteiger partial charge >= 0.3 is 0 Å². The van der Waals surface area contributed by atoms with Crippen molar-refractivity contribution in [3.63, 3.8) is 0 Å². The van der Waals surface area contributed by atoms with Crippen LogP contribution in [0.2, 0.25) is 0 Å². The second-order valence-electron chi connectivity index (χ2n) is 5.36. The van der Waals surface area contributed by atoms with E-state index in [9.17, 15) is 4.79 Å². The van der Waals surface area contributed by atoms with Crippen LogP contribution >= 0.6 is 0 Å². The molecule has 0 radical (unpaired) electrons. The summed E-state index contributed by atoms with van der Waals surface area (Å²) in [6.45, 7) is 6.79. The minimum Gasteiger partial charge on any atom is -0.356 e. The van der Waals surface area contributed by atoms with Crippen LogP contribution in [0.1, 0.15) is 84.0 Å². The lowest BCUT2D eigenvalue weighted by molar-refractivity contribution is -0.121. The van der Waals surface area contributed by atoms with Crippen LogP contribution in [0.15, 0.2) is 12.7 Å². The summed E-state index contributed by atoms with van der Waals surface area (Å²) in [6, 6.07) is 0. The topological polar surface area (TPSA) is 29.1 Å². The second kappa shape index (κ2) is 15.3. The van der Waals surface area contributed by atoms with Crippen molar-refractivity contribution < 1.29 is 4.79 Å². The molecule has 0 atom stereocenters. The molecule has 2 heteroatoms. The Bertz CT molecular complexity index is 213. The van der Waals surface area contributed by atoms with Gasteiger partial charge in [-0.15, -0.1) is 6.58 Å². The zero-order valence-electron chi connectivity index (χ0n) is 12.9. The molecule has 2 nitrogen and oxygen atoms in total. The first-order chi connectivity index (χ1) is 9.31. The smallest absolute Gasteiger partial charge is 0.219 e. The number of carbonyl (C=O) groups is 1. The number of amides is 1. The van der Waals surface area contributed by atoms with Gasteiger partial charge in [0.2, 0.25) is 5.91 Å². The maximum absolute atomic E-state index is 11.5. The number of nitrogens with one attached hydrogen (secondary N) is 1. The first kappa shape index (κ1) is 18.2. The Kier molecular flexibility index (Phi) is 14.6. The Morgan fingerprint density at radius 1 is 0.947 bits per heavy atom. The molecule has 0 bridgehead atoms. The average Bonchev–Trinajstić information content (AvgIpc) is 2.41.